The number of thiophene rings is 1. The lowest BCUT2D eigenvalue weighted by molar-refractivity contribution is -0.113. The number of thioether (sulfide) groups is 1. The molecule has 1 amide bonds. The van der Waals surface area contributed by atoms with Gasteiger partial charge in [0.15, 0.2) is 11.0 Å². The second kappa shape index (κ2) is 8.73. The van der Waals surface area contributed by atoms with E-state index in [1.807, 2.05) is 17.6 Å². The molecular weight excluding hydrogens is 400 g/mol. The maximum Gasteiger partial charge on any atom is 0.234 e. The van der Waals surface area contributed by atoms with E-state index >= 15 is 0 Å². The smallest absolute Gasteiger partial charge is 0.234 e. The average molecular weight is 419 g/mol. The molecule has 1 N–H and O–H groups in total. The van der Waals surface area contributed by atoms with Crippen LogP contribution in [0.3, 0.4) is 0 Å². The van der Waals surface area contributed by atoms with Gasteiger partial charge < -0.3 is 5.32 Å². The Hall–Kier alpha value is -2.09. The van der Waals surface area contributed by atoms with Gasteiger partial charge in [-0.3, -0.25) is 9.36 Å². The molecule has 0 saturated carbocycles. The highest BCUT2D eigenvalue weighted by atomic mass is 35.5. The molecule has 0 aliphatic carbocycles. The molecule has 0 radical (unpaired) electrons. The van der Waals surface area contributed by atoms with Gasteiger partial charge in [0.1, 0.15) is 0 Å². The van der Waals surface area contributed by atoms with E-state index in [9.17, 15) is 4.79 Å². The van der Waals surface area contributed by atoms with Crippen molar-refractivity contribution in [2.45, 2.75) is 25.5 Å². The number of rotatable bonds is 7. The Labute approximate surface area is 171 Å². The van der Waals surface area contributed by atoms with E-state index < -0.39 is 0 Å². The van der Waals surface area contributed by atoms with E-state index in [-0.39, 0.29) is 11.7 Å². The summed E-state index contributed by atoms with van der Waals surface area (Å²) in [5.41, 5.74) is 2.70. The Bertz CT molecular complexity index is 980. The molecule has 0 fully saturated rings. The van der Waals surface area contributed by atoms with Crippen LogP contribution in [-0.2, 0) is 11.3 Å². The van der Waals surface area contributed by atoms with Gasteiger partial charge in [-0.25, -0.2) is 0 Å². The quantitative estimate of drug-likeness (QED) is 0.423. The molecule has 0 spiro atoms. The van der Waals surface area contributed by atoms with Crippen LogP contribution in [0.1, 0.15) is 10.4 Å². The molecule has 5 nitrogen and oxygen atoms in total. The molecule has 0 bridgehead atoms. The number of allylic oxidation sites excluding steroid dienone is 1. The molecule has 2 aromatic heterocycles. The van der Waals surface area contributed by atoms with Crippen LogP contribution in [0.2, 0.25) is 5.02 Å². The zero-order valence-corrected chi connectivity index (χ0v) is 17.4. The van der Waals surface area contributed by atoms with E-state index in [2.05, 4.69) is 40.5 Å². The molecule has 0 atom stereocenters. The number of carbonyl (C=O) groups is 1. The number of amides is 1. The lowest BCUT2D eigenvalue weighted by Crippen LogP contribution is -2.15. The molecular formula is C19H19ClN4OS2. The first-order valence-corrected chi connectivity index (χ1v) is 10.5. The summed E-state index contributed by atoms with van der Waals surface area (Å²) >= 11 is 9.02. The molecule has 3 aromatic rings. The molecule has 0 unspecified atom stereocenters. The van der Waals surface area contributed by atoms with Crippen molar-refractivity contribution in [3.63, 3.8) is 0 Å². The number of hydrogen-bond acceptors (Lipinski definition) is 5. The third-order valence-electron chi connectivity index (χ3n) is 3.82. The number of halogens is 1. The summed E-state index contributed by atoms with van der Waals surface area (Å²) in [6.07, 6.45) is 1.80. The van der Waals surface area contributed by atoms with Crippen molar-refractivity contribution in [2.75, 3.05) is 11.1 Å². The van der Waals surface area contributed by atoms with Crippen LogP contribution in [0.25, 0.3) is 11.4 Å². The minimum absolute atomic E-state index is 0.119. The van der Waals surface area contributed by atoms with E-state index in [0.717, 1.165) is 22.6 Å². The number of aryl methyl sites for hydroxylation is 2. The van der Waals surface area contributed by atoms with E-state index in [1.54, 1.807) is 29.5 Å². The summed E-state index contributed by atoms with van der Waals surface area (Å²) in [7, 11) is 0. The Balaban J connectivity index is 1.72. The first-order chi connectivity index (χ1) is 13.0. The number of aromatic nitrogens is 3. The Kier molecular flexibility index (Phi) is 6.36. The highest BCUT2D eigenvalue weighted by molar-refractivity contribution is 7.99. The third kappa shape index (κ3) is 4.80. The largest absolute Gasteiger partial charge is 0.325 e. The monoisotopic (exact) mass is 418 g/mol. The molecule has 8 heteroatoms. The molecule has 3 rings (SSSR count). The second-order valence-electron chi connectivity index (χ2n) is 5.95. The Morgan fingerprint density at radius 1 is 1.37 bits per heavy atom. The van der Waals surface area contributed by atoms with Crippen molar-refractivity contribution < 1.29 is 4.79 Å². The number of carbonyl (C=O) groups excluding carboxylic acids is 1. The predicted molar refractivity (Wildman–Crippen MR) is 114 cm³/mol. The number of anilines is 1. The van der Waals surface area contributed by atoms with Gasteiger partial charge in [0.2, 0.25) is 5.91 Å². The number of nitrogens with one attached hydrogen (secondary N) is 1. The van der Waals surface area contributed by atoms with Crippen LogP contribution >= 0.6 is 34.7 Å². The van der Waals surface area contributed by atoms with Crippen LogP contribution < -0.4 is 5.32 Å². The maximum absolute atomic E-state index is 12.3. The molecule has 0 aliphatic heterocycles. The Morgan fingerprint density at radius 2 is 2.19 bits per heavy atom. The zero-order valence-electron chi connectivity index (χ0n) is 15.0. The van der Waals surface area contributed by atoms with E-state index in [0.29, 0.717) is 16.7 Å². The van der Waals surface area contributed by atoms with Gasteiger partial charge in [-0.15, -0.1) is 28.1 Å². The fourth-order valence-corrected chi connectivity index (χ4v) is 4.11. The van der Waals surface area contributed by atoms with Crippen molar-refractivity contribution in [1.82, 2.24) is 14.8 Å². The third-order valence-corrected chi connectivity index (χ3v) is 5.89. The average Bonchev–Trinajstić information content (AvgIpc) is 3.23. The van der Waals surface area contributed by atoms with Crippen molar-refractivity contribution in [3.05, 3.63) is 57.8 Å². The summed E-state index contributed by atoms with van der Waals surface area (Å²) in [5.74, 6) is 0.892. The summed E-state index contributed by atoms with van der Waals surface area (Å²) in [5, 5.41) is 14.8. The summed E-state index contributed by atoms with van der Waals surface area (Å²) in [4.78, 5) is 13.6. The van der Waals surface area contributed by atoms with Gasteiger partial charge >= 0.3 is 0 Å². The maximum atomic E-state index is 12.3. The highest BCUT2D eigenvalue weighted by Gasteiger charge is 2.16. The SMILES string of the molecule is C=CCn1c(SCC(=O)Nc2cc(Cl)ccc2C)nnc1-c1csc(C)c1. The fraction of sp³-hybridized carbons (Fsp3) is 0.211. The minimum Gasteiger partial charge on any atom is -0.325 e. The molecule has 27 heavy (non-hydrogen) atoms. The van der Waals surface area contributed by atoms with Crippen LogP contribution in [0.4, 0.5) is 5.69 Å². The van der Waals surface area contributed by atoms with Gasteiger partial charge in [-0.2, -0.15) is 0 Å². The summed E-state index contributed by atoms with van der Waals surface area (Å²) in [6, 6.07) is 7.50. The lowest BCUT2D eigenvalue weighted by atomic mass is 10.2. The van der Waals surface area contributed by atoms with E-state index in [4.69, 9.17) is 11.6 Å². The molecule has 0 saturated heterocycles. The predicted octanol–water partition coefficient (Wildman–Crippen LogP) is 5.19. The zero-order chi connectivity index (χ0) is 19.4. The normalized spacial score (nSPS) is 10.8. The van der Waals surface area contributed by atoms with Gasteiger partial charge in [0, 0.05) is 33.1 Å². The molecule has 0 aliphatic rings. The van der Waals surface area contributed by atoms with Crippen molar-refractivity contribution in [1.29, 1.82) is 0 Å². The van der Waals surface area contributed by atoms with Gasteiger partial charge in [-0.05, 0) is 37.6 Å². The van der Waals surface area contributed by atoms with Crippen molar-refractivity contribution in [3.8, 4) is 11.4 Å². The highest BCUT2D eigenvalue weighted by Crippen LogP contribution is 2.28. The van der Waals surface area contributed by atoms with Crippen LogP contribution in [0.5, 0.6) is 0 Å². The number of benzene rings is 1. The summed E-state index contributed by atoms with van der Waals surface area (Å²) in [6.45, 7) is 8.37. The van der Waals surface area contributed by atoms with E-state index in [1.165, 1.54) is 16.6 Å². The number of hydrogen-bond donors (Lipinski definition) is 1. The van der Waals surface area contributed by atoms with Gasteiger partial charge in [0.05, 0.1) is 5.75 Å². The van der Waals surface area contributed by atoms with Crippen LogP contribution in [0, 0.1) is 13.8 Å². The lowest BCUT2D eigenvalue weighted by Gasteiger charge is -2.09. The first kappa shape index (κ1) is 19.7. The first-order valence-electron chi connectivity index (χ1n) is 8.26. The van der Waals surface area contributed by atoms with Gasteiger partial charge in [0.25, 0.3) is 0 Å². The van der Waals surface area contributed by atoms with Crippen LogP contribution in [-0.4, -0.2) is 26.4 Å². The minimum atomic E-state index is -0.119. The fourth-order valence-electron chi connectivity index (χ4n) is 2.51. The number of nitrogens with zero attached hydrogens (tertiary/aromatic N) is 3. The summed E-state index contributed by atoms with van der Waals surface area (Å²) < 4.78 is 1.97. The van der Waals surface area contributed by atoms with Gasteiger partial charge in [-0.1, -0.05) is 35.5 Å². The van der Waals surface area contributed by atoms with Crippen LogP contribution in [0.15, 0.2) is 47.5 Å². The second-order valence-corrected chi connectivity index (χ2v) is 8.44. The molecule has 140 valence electrons. The standard InChI is InChI=1S/C19H19ClN4OS2/c1-4-7-24-18(14-8-13(3)26-10-14)22-23-19(24)27-11-17(25)21-16-9-15(20)6-5-12(16)2/h4-6,8-10H,1,7,11H2,2-3H3,(H,21,25). The Morgan fingerprint density at radius 3 is 2.89 bits per heavy atom. The molecule has 1 aromatic carbocycles. The molecule has 2 heterocycles. The topological polar surface area (TPSA) is 59.8 Å². The van der Waals surface area contributed by atoms with Crippen molar-refractivity contribution >= 4 is 46.3 Å². The van der Waals surface area contributed by atoms with Crippen molar-refractivity contribution in [2.24, 2.45) is 0 Å².